The molecule has 4 heterocycles. The molecule has 1 saturated carbocycles. The summed E-state index contributed by atoms with van der Waals surface area (Å²) < 4.78 is 12.3. The molecule has 34 heavy (non-hydrogen) atoms. The van der Waals surface area contributed by atoms with E-state index in [0.29, 0.717) is 23.2 Å². The maximum atomic E-state index is 12.0. The number of anilines is 1. The first-order chi connectivity index (χ1) is 16.6. The van der Waals surface area contributed by atoms with Gasteiger partial charge in [-0.05, 0) is 24.5 Å². The van der Waals surface area contributed by atoms with E-state index in [9.17, 15) is 9.59 Å². The van der Waals surface area contributed by atoms with Crippen LogP contribution >= 0.6 is 0 Å². The Bertz CT molecular complexity index is 1310. The van der Waals surface area contributed by atoms with Crippen molar-refractivity contribution in [2.24, 2.45) is 0 Å². The van der Waals surface area contributed by atoms with Gasteiger partial charge in [0.2, 0.25) is 0 Å². The van der Waals surface area contributed by atoms with E-state index in [1.54, 1.807) is 6.20 Å². The third-order valence-corrected chi connectivity index (χ3v) is 6.09. The second-order valence-electron chi connectivity index (χ2n) is 8.71. The van der Waals surface area contributed by atoms with E-state index in [1.807, 2.05) is 22.7 Å². The first-order valence-corrected chi connectivity index (χ1v) is 11.4. The summed E-state index contributed by atoms with van der Waals surface area (Å²) in [5.74, 6) is 0.0619. The standard InChI is InChI=1S/C24H24N6O4/c31-23-20(34-24(32)28-23)11-18-12-25-22-21(26-17-4-5-17)27-19(14-30(18)22)16-3-1-2-15(10-16)13-29-6-8-33-9-7-29/h1-3,10-12,14,17H,4-9,13H2,(H,26,27)(H,28,31,32)/b20-11-. The molecule has 0 radical (unpaired) electrons. The molecule has 10 nitrogen and oxygen atoms in total. The Morgan fingerprint density at radius 2 is 2.06 bits per heavy atom. The van der Waals surface area contributed by atoms with E-state index >= 15 is 0 Å². The molecule has 3 fully saturated rings. The third kappa shape index (κ3) is 4.25. The van der Waals surface area contributed by atoms with Crippen LogP contribution < -0.4 is 10.6 Å². The SMILES string of the molecule is O=C1NC(=O)/C(=C/c2cnc3c(NC4CC4)nc(-c4cccc(CN5CCOCC5)c4)cn23)O1. The molecule has 2 N–H and O–H groups in total. The number of nitrogens with zero attached hydrogens (tertiary/aromatic N) is 4. The zero-order chi connectivity index (χ0) is 23.1. The molecular formula is C24H24N6O4. The smallest absolute Gasteiger partial charge is 0.404 e. The predicted octanol–water partition coefficient (Wildman–Crippen LogP) is 2.41. The molecule has 2 aliphatic heterocycles. The summed E-state index contributed by atoms with van der Waals surface area (Å²) in [5, 5.41) is 5.59. The highest BCUT2D eigenvalue weighted by molar-refractivity contribution is 6.09. The number of nitrogens with one attached hydrogen (secondary N) is 2. The van der Waals surface area contributed by atoms with E-state index in [4.69, 9.17) is 14.5 Å². The van der Waals surface area contributed by atoms with Gasteiger partial charge in [-0.2, -0.15) is 0 Å². The molecule has 0 bridgehead atoms. The fourth-order valence-corrected chi connectivity index (χ4v) is 4.17. The monoisotopic (exact) mass is 460 g/mol. The van der Waals surface area contributed by atoms with Crippen molar-refractivity contribution in [3.8, 4) is 11.3 Å². The van der Waals surface area contributed by atoms with Gasteiger partial charge in [0, 0.05) is 43.5 Å². The van der Waals surface area contributed by atoms with Crippen LogP contribution in [-0.4, -0.2) is 63.6 Å². The van der Waals surface area contributed by atoms with Gasteiger partial charge >= 0.3 is 6.09 Å². The van der Waals surface area contributed by atoms with Crippen molar-refractivity contribution in [1.29, 1.82) is 0 Å². The number of rotatable bonds is 6. The predicted molar refractivity (Wildman–Crippen MR) is 124 cm³/mol. The molecule has 1 aliphatic carbocycles. The first kappa shape index (κ1) is 20.8. The van der Waals surface area contributed by atoms with Gasteiger partial charge in [0.15, 0.2) is 17.2 Å². The van der Waals surface area contributed by atoms with Crippen molar-refractivity contribution in [1.82, 2.24) is 24.6 Å². The van der Waals surface area contributed by atoms with Crippen LogP contribution in [0.3, 0.4) is 0 Å². The maximum Gasteiger partial charge on any atom is 0.419 e. The number of alkyl carbamates (subject to hydrolysis) is 1. The summed E-state index contributed by atoms with van der Waals surface area (Å²) in [6, 6.07) is 8.76. The van der Waals surface area contributed by atoms with Crippen LogP contribution in [0.5, 0.6) is 0 Å². The van der Waals surface area contributed by atoms with Gasteiger partial charge in [-0.15, -0.1) is 0 Å². The topological polar surface area (TPSA) is 110 Å². The van der Waals surface area contributed by atoms with Gasteiger partial charge in [0.1, 0.15) is 0 Å². The number of hydrogen-bond acceptors (Lipinski definition) is 8. The van der Waals surface area contributed by atoms with Crippen LogP contribution in [0.1, 0.15) is 24.1 Å². The van der Waals surface area contributed by atoms with E-state index in [0.717, 1.165) is 56.9 Å². The lowest BCUT2D eigenvalue weighted by Gasteiger charge is -2.26. The van der Waals surface area contributed by atoms with Crippen LogP contribution in [0.25, 0.3) is 23.0 Å². The molecule has 1 aromatic carbocycles. The molecule has 174 valence electrons. The molecule has 3 aliphatic rings. The number of morpholine rings is 1. The van der Waals surface area contributed by atoms with Gasteiger partial charge in [0.05, 0.1) is 30.8 Å². The number of imidazole rings is 1. The zero-order valence-electron chi connectivity index (χ0n) is 18.5. The van der Waals surface area contributed by atoms with Crippen LogP contribution in [0.2, 0.25) is 0 Å². The Balaban J connectivity index is 1.38. The number of hydrogen-bond donors (Lipinski definition) is 2. The minimum atomic E-state index is -0.777. The lowest BCUT2D eigenvalue weighted by atomic mass is 10.1. The molecule has 2 saturated heterocycles. The number of cyclic esters (lactones) is 1. The third-order valence-electron chi connectivity index (χ3n) is 6.09. The normalized spacial score (nSPS) is 20.1. The molecule has 10 heteroatoms. The number of amides is 2. The molecule has 0 atom stereocenters. The molecule has 3 aromatic rings. The summed E-state index contributed by atoms with van der Waals surface area (Å²) in [4.78, 5) is 35.2. The van der Waals surface area contributed by atoms with Crippen molar-refractivity contribution in [3.05, 3.63) is 53.7 Å². The number of imide groups is 1. The summed E-state index contributed by atoms with van der Waals surface area (Å²) in [6.07, 6.45) is 6.47. The van der Waals surface area contributed by atoms with Crippen molar-refractivity contribution < 1.29 is 19.1 Å². The largest absolute Gasteiger partial charge is 0.419 e. The van der Waals surface area contributed by atoms with Gasteiger partial charge in [0.25, 0.3) is 5.91 Å². The van der Waals surface area contributed by atoms with Gasteiger partial charge < -0.3 is 14.8 Å². The number of fused-ring (bicyclic) bond motifs is 1. The van der Waals surface area contributed by atoms with Crippen molar-refractivity contribution in [3.63, 3.8) is 0 Å². The second kappa shape index (κ2) is 8.54. The lowest BCUT2D eigenvalue weighted by Crippen LogP contribution is -2.35. The Morgan fingerprint density at radius 1 is 1.21 bits per heavy atom. The average Bonchev–Trinajstić information content (AvgIpc) is 3.48. The Kier molecular flexibility index (Phi) is 5.23. The number of ether oxygens (including phenoxy) is 2. The van der Waals surface area contributed by atoms with E-state index < -0.39 is 12.0 Å². The first-order valence-electron chi connectivity index (χ1n) is 11.4. The molecular weight excluding hydrogens is 436 g/mol. The van der Waals surface area contributed by atoms with Crippen LogP contribution in [0, 0.1) is 0 Å². The molecule has 6 rings (SSSR count). The second-order valence-corrected chi connectivity index (χ2v) is 8.71. The molecule has 0 unspecified atom stereocenters. The van der Waals surface area contributed by atoms with Gasteiger partial charge in [-0.1, -0.05) is 18.2 Å². The van der Waals surface area contributed by atoms with E-state index in [2.05, 4.69) is 32.7 Å². The summed E-state index contributed by atoms with van der Waals surface area (Å²) in [6.45, 7) is 4.24. The van der Waals surface area contributed by atoms with E-state index in [-0.39, 0.29) is 5.76 Å². The highest BCUT2D eigenvalue weighted by Gasteiger charge is 2.27. The van der Waals surface area contributed by atoms with Gasteiger partial charge in [-0.3, -0.25) is 19.4 Å². The highest BCUT2D eigenvalue weighted by atomic mass is 16.6. The Hall–Kier alpha value is -3.76. The number of aromatic nitrogens is 3. The quantitative estimate of drug-likeness (QED) is 0.540. The summed E-state index contributed by atoms with van der Waals surface area (Å²) in [7, 11) is 0. The maximum absolute atomic E-state index is 12.0. The van der Waals surface area contributed by atoms with Crippen molar-refractivity contribution in [2.75, 3.05) is 31.6 Å². The Labute approximate surface area is 195 Å². The zero-order valence-corrected chi connectivity index (χ0v) is 18.5. The summed E-state index contributed by atoms with van der Waals surface area (Å²) in [5.41, 5.74) is 4.24. The minimum Gasteiger partial charge on any atom is -0.404 e. The fraction of sp³-hybridized carbons (Fsp3) is 0.333. The fourth-order valence-electron chi connectivity index (χ4n) is 4.17. The minimum absolute atomic E-state index is 0.0608. The Morgan fingerprint density at radius 3 is 2.82 bits per heavy atom. The number of carbonyl (C=O) groups excluding carboxylic acids is 2. The molecule has 2 aromatic heterocycles. The van der Waals surface area contributed by atoms with Crippen LogP contribution in [0.4, 0.5) is 10.6 Å². The van der Waals surface area contributed by atoms with Gasteiger partial charge in [-0.25, -0.2) is 14.8 Å². The van der Waals surface area contributed by atoms with E-state index in [1.165, 1.54) is 11.6 Å². The molecule has 0 spiro atoms. The number of carbonyl (C=O) groups is 2. The van der Waals surface area contributed by atoms with Crippen LogP contribution in [-0.2, 0) is 20.8 Å². The highest BCUT2D eigenvalue weighted by Crippen LogP contribution is 2.30. The molecule has 2 amide bonds. The van der Waals surface area contributed by atoms with Crippen molar-refractivity contribution in [2.45, 2.75) is 25.4 Å². The summed E-state index contributed by atoms with van der Waals surface area (Å²) >= 11 is 0. The van der Waals surface area contributed by atoms with Crippen molar-refractivity contribution >= 4 is 29.5 Å². The average molecular weight is 460 g/mol. The van der Waals surface area contributed by atoms with Crippen LogP contribution in [0.15, 0.2) is 42.4 Å². The lowest BCUT2D eigenvalue weighted by molar-refractivity contribution is -0.116. The number of benzene rings is 1.